The number of anilines is 1. The summed E-state index contributed by atoms with van der Waals surface area (Å²) in [6.45, 7) is 3.90. The van der Waals surface area contributed by atoms with Crippen LogP contribution in [-0.2, 0) is 9.84 Å². The van der Waals surface area contributed by atoms with Crippen LogP contribution < -0.4 is 5.73 Å². The molecule has 1 saturated heterocycles. The van der Waals surface area contributed by atoms with Crippen LogP contribution in [0.4, 0.5) is 5.69 Å². The van der Waals surface area contributed by atoms with Crippen molar-refractivity contribution in [2.75, 3.05) is 29.5 Å². The fourth-order valence-corrected chi connectivity index (χ4v) is 5.24. The Labute approximate surface area is 129 Å². The highest BCUT2D eigenvalue weighted by molar-refractivity contribution is 8.01. The first-order valence-corrected chi connectivity index (χ1v) is 9.70. The maximum atomic E-state index is 12.6. The third-order valence-corrected chi connectivity index (χ3v) is 6.97. The molecule has 1 heterocycles. The van der Waals surface area contributed by atoms with E-state index in [4.69, 9.17) is 5.73 Å². The number of nitrogens with two attached hydrogens (primary N) is 1. The molecule has 2 rings (SSSR count). The van der Waals surface area contributed by atoms with Gasteiger partial charge in [-0.1, -0.05) is 6.92 Å². The van der Waals surface area contributed by atoms with Crippen molar-refractivity contribution in [1.82, 2.24) is 4.90 Å². The molecule has 1 aromatic carbocycles. The number of nitrogens with zero attached hydrogens (tertiary/aromatic N) is 1. The lowest BCUT2D eigenvalue weighted by atomic mass is 10.1. The van der Waals surface area contributed by atoms with E-state index in [9.17, 15) is 13.2 Å². The highest BCUT2D eigenvalue weighted by atomic mass is 32.2. The van der Waals surface area contributed by atoms with Crippen molar-refractivity contribution in [3.8, 4) is 0 Å². The van der Waals surface area contributed by atoms with Crippen LogP contribution in [0.2, 0.25) is 0 Å². The summed E-state index contributed by atoms with van der Waals surface area (Å²) in [5, 5.41) is -0.730. The van der Waals surface area contributed by atoms with Crippen LogP contribution in [0.25, 0.3) is 0 Å². The highest BCUT2D eigenvalue weighted by Gasteiger charge is 2.36. The van der Waals surface area contributed by atoms with Gasteiger partial charge in [-0.05, 0) is 30.7 Å². The molecule has 0 spiro atoms. The average Bonchev–Trinajstić information content (AvgIpc) is 2.49. The fraction of sp³-hybridized carbons (Fsp3) is 0.500. The number of thioether (sulfide) groups is 1. The zero-order valence-electron chi connectivity index (χ0n) is 12.2. The molecule has 1 aromatic rings. The highest BCUT2D eigenvalue weighted by Crippen LogP contribution is 2.24. The van der Waals surface area contributed by atoms with E-state index in [1.165, 1.54) is 4.90 Å². The van der Waals surface area contributed by atoms with Gasteiger partial charge in [-0.3, -0.25) is 4.79 Å². The Morgan fingerprint density at radius 2 is 2.19 bits per heavy atom. The number of benzene rings is 1. The van der Waals surface area contributed by atoms with E-state index in [-0.39, 0.29) is 11.7 Å². The Balaban J connectivity index is 2.33. The smallest absolute Gasteiger partial charge is 0.254 e. The van der Waals surface area contributed by atoms with Crippen LogP contribution >= 0.6 is 11.8 Å². The second-order valence-electron chi connectivity index (χ2n) is 5.05. The first kappa shape index (κ1) is 16.2. The number of carbonyl (C=O) groups is 1. The molecule has 1 unspecified atom stereocenters. The monoisotopic (exact) mass is 328 g/mol. The summed E-state index contributed by atoms with van der Waals surface area (Å²) in [5.41, 5.74) is 7.70. The topological polar surface area (TPSA) is 80.5 Å². The molecule has 1 atom stereocenters. The summed E-state index contributed by atoms with van der Waals surface area (Å²) in [5.74, 6) is 1.01. The number of aryl methyl sites for hydroxylation is 1. The molecule has 5 nitrogen and oxygen atoms in total. The molecule has 21 heavy (non-hydrogen) atoms. The standard InChI is InChI=1S/C14H20N2O3S2/c1-3-21(18,19)13-9-20-7-6-16(13)14(17)11-4-5-12(15)10(2)8-11/h4-5,8,13H,3,6-7,9,15H2,1-2H3. The van der Waals surface area contributed by atoms with Crippen LogP contribution in [0.1, 0.15) is 22.8 Å². The Kier molecular flexibility index (Phi) is 4.83. The zero-order valence-corrected chi connectivity index (χ0v) is 13.8. The van der Waals surface area contributed by atoms with E-state index in [2.05, 4.69) is 0 Å². The van der Waals surface area contributed by atoms with Gasteiger partial charge in [0.05, 0.1) is 0 Å². The van der Waals surface area contributed by atoms with Gasteiger partial charge in [0.15, 0.2) is 9.84 Å². The summed E-state index contributed by atoms with van der Waals surface area (Å²) < 4.78 is 24.4. The number of nitrogen functional groups attached to an aromatic ring is 1. The van der Waals surface area contributed by atoms with Gasteiger partial charge in [0.2, 0.25) is 0 Å². The molecule has 1 aliphatic rings. The maximum Gasteiger partial charge on any atom is 0.254 e. The predicted octanol–water partition coefficient (Wildman–Crippen LogP) is 1.53. The van der Waals surface area contributed by atoms with Crippen molar-refractivity contribution in [2.24, 2.45) is 0 Å². The SMILES string of the molecule is CCS(=O)(=O)C1CSCCN1C(=O)c1ccc(N)c(C)c1. The van der Waals surface area contributed by atoms with Crippen LogP contribution in [-0.4, -0.2) is 48.4 Å². The Morgan fingerprint density at radius 1 is 1.48 bits per heavy atom. The van der Waals surface area contributed by atoms with E-state index in [1.54, 1.807) is 36.9 Å². The zero-order chi connectivity index (χ0) is 15.6. The first-order valence-electron chi connectivity index (χ1n) is 6.83. The van der Waals surface area contributed by atoms with Gasteiger partial charge in [0.1, 0.15) is 5.37 Å². The van der Waals surface area contributed by atoms with Crippen LogP contribution in [0.15, 0.2) is 18.2 Å². The van der Waals surface area contributed by atoms with E-state index in [0.717, 1.165) is 11.3 Å². The molecule has 1 fully saturated rings. The number of sulfone groups is 1. The number of carbonyl (C=O) groups excluding carboxylic acids is 1. The molecule has 0 aromatic heterocycles. The molecule has 0 aliphatic carbocycles. The molecular formula is C14H20N2O3S2. The van der Waals surface area contributed by atoms with Crippen molar-refractivity contribution >= 4 is 33.2 Å². The summed E-state index contributed by atoms with van der Waals surface area (Å²) >= 11 is 1.57. The quantitative estimate of drug-likeness (QED) is 0.851. The fourth-order valence-electron chi connectivity index (χ4n) is 2.28. The van der Waals surface area contributed by atoms with Gasteiger partial charge in [0, 0.05) is 35.1 Å². The molecular weight excluding hydrogens is 308 g/mol. The molecule has 1 amide bonds. The Morgan fingerprint density at radius 3 is 2.81 bits per heavy atom. The maximum absolute atomic E-state index is 12.6. The van der Waals surface area contributed by atoms with Gasteiger partial charge in [-0.2, -0.15) is 11.8 Å². The summed E-state index contributed by atoms with van der Waals surface area (Å²) in [4.78, 5) is 14.1. The van der Waals surface area contributed by atoms with E-state index >= 15 is 0 Å². The van der Waals surface area contributed by atoms with Crippen molar-refractivity contribution < 1.29 is 13.2 Å². The van der Waals surface area contributed by atoms with Crippen LogP contribution in [0.5, 0.6) is 0 Å². The van der Waals surface area contributed by atoms with Gasteiger partial charge in [-0.15, -0.1) is 0 Å². The average molecular weight is 328 g/mol. The van der Waals surface area contributed by atoms with Gasteiger partial charge in [-0.25, -0.2) is 8.42 Å². The first-order chi connectivity index (χ1) is 9.86. The molecule has 0 radical (unpaired) electrons. The minimum absolute atomic E-state index is 0.0444. The third kappa shape index (κ3) is 3.35. The minimum Gasteiger partial charge on any atom is -0.399 e. The number of hydrogen-bond acceptors (Lipinski definition) is 5. The second kappa shape index (κ2) is 6.27. The molecule has 0 saturated carbocycles. The van der Waals surface area contributed by atoms with Gasteiger partial charge in [0.25, 0.3) is 5.91 Å². The lowest BCUT2D eigenvalue weighted by Crippen LogP contribution is -2.50. The Hall–Kier alpha value is -1.21. The molecule has 0 bridgehead atoms. The van der Waals surface area contributed by atoms with E-state index in [1.807, 2.05) is 6.92 Å². The third-order valence-electron chi connectivity index (χ3n) is 3.68. The molecule has 1 aliphatic heterocycles. The second-order valence-corrected chi connectivity index (χ2v) is 8.65. The predicted molar refractivity (Wildman–Crippen MR) is 87.2 cm³/mol. The minimum atomic E-state index is -3.28. The number of rotatable bonds is 3. The Bertz CT molecular complexity index is 644. The number of hydrogen-bond donors (Lipinski definition) is 1. The van der Waals surface area contributed by atoms with Crippen molar-refractivity contribution in [1.29, 1.82) is 0 Å². The summed E-state index contributed by atoms with van der Waals surface area (Å²) in [6, 6.07) is 5.06. The number of amides is 1. The van der Waals surface area contributed by atoms with Crippen molar-refractivity contribution in [3.05, 3.63) is 29.3 Å². The molecule has 2 N–H and O–H groups in total. The summed E-state index contributed by atoms with van der Waals surface area (Å²) in [6.07, 6.45) is 0. The molecule has 116 valence electrons. The van der Waals surface area contributed by atoms with Gasteiger partial charge < -0.3 is 10.6 Å². The van der Waals surface area contributed by atoms with E-state index in [0.29, 0.717) is 23.5 Å². The van der Waals surface area contributed by atoms with E-state index < -0.39 is 15.2 Å². The lowest BCUT2D eigenvalue weighted by Gasteiger charge is -2.34. The van der Waals surface area contributed by atoms with Crippen LogP contribution in [0.3, 0.4) is 0 Å². The summed E-state index contributed by atoms with van der Waals surface area (Å²) in [7, 11) is -3.28. The van der Waals surface area contributed by atoms with Crippen molar-refractivity contribution in [2.45, 2.75) is 19.2 Å². The van der Waals surface area contributed by atoms with Crippen molar-refractivity contribution in [3.63, 3.8) is 0 Å². The largest absolute Gasteiger partial charge is 0.399 e. The van der Waals surface area contributed by atoms with Gasteiger partial charge >= 0.3 is 0 Å². The van der Waals surface area contributed by atoms with Crippen LogP contribution in [0, 0.1) is 6.92 Å². The molecule has 7 heteroatoms. The lowest BCUT2D eigenvalue weighted by molar-refractivity contribution is 0.0749. The normalized spacial score (nSPS) is 19.5.